The SMILES string of the molecule is COc1ccc(-c2ccnc(N3CCN(Cc4ccc5c(c4)OCO5)CC3)n2)c(OC)c1. The third-order valence-corrected chi connectivity index (χ3v) is 5.83. The molecule has 1 aromatic heterocycles. The topological polar surface area (TPSA) is 69.2 Å². The number of fused-ring (bicyclic) bond motifs is 1. The van der Waals surface area contributed by atoms with E-state index < -0.39 is 0 Å². The summed E-state index contributed by atoms with van der Waals surface area (Å²) in [5.74, 6) is 3.87. The molecule has 8 heteroatoms. The van der Waals surface area contributed by atoms with Crippen LogP contribution in [0.3, 0.4) is 0 Å². The summed E-state index contributed by atoms with van der Waals surface area (Å²) < 4.78 is 21.8. The number of hydrogen-bond acceptors (Lipinski definition) is 8. The van der Waals surface area contributed by atoms with Crippen molar-refractivity contribution in [2.45, 2.75) is 6.54 Å². The molecule has 2 aliphatic heterocycles. The van der Waals surface area contributed by atoms with Crippen LogP contribution in [0.1, 0.15) is 5.56 Å². The molecule has 5 rings (SSSR count). The van der Waals surface area contributed by atoms with Crippen molar-refractivity contribution in [2.24, 2.45) is 0 Å². The summed E-state index contributed by atoms with van der Waals surface area (Å²) in [6.45, 7) is 4.80. The maximum absolute atomic E-state index is 5.55. The fourth-order valence-electron chi connectivity index (χ4n) is 4.06. The molecule has 0 radical (unpaired) electrons. The van der Waals surface area contributed by atoms with E-state index >= 15 is 0 Å². The van der Waals surface area contributed by atoms with Crippen LogP contribution in [0.15, 0.2) is 48.7 Å². The average Bonchev–Trinajstić information content (AvgIpc) is 3.32. The van der Waals surface area contributed by atoms with E-state index in [4.69, 9.17) is 23.9 Å². The van der Waals surface area contributed by atoms with E-state index in [2.05, 4.69) is 26.9 Å². The van der Waals surface area contributed by atoms with Gasteiger partial charge in [0.25, 0.3) is 0 Å². The molecule has 2 aliphatic rings. The van der Waals surface area contributed by atoms with Gasteiger partial charge < -0.3 is 23.8 Å². The Kier molecular flexibility index (Phi) is 5.68. The molecule has 2 aromatic carbocycles. The molecule has 1 saturated heterocycles. The van der Waals surface area contributed by atoms with Crippen LogP contribution in [0, 0.1) is 0 Å². The van der Waals surface area contributed by atoms with E-state index in [1.807, 2.05) is 30.3 Å². The van der Waals surface area contributed by atoms with Crippen molar-refractivity contribution < 1.29 is 18.9 Å². The van der Waals surface area contributed by atoms with Crippen LogP contribution in [0.5, 0.6) is 23.0 Å². The number of piperazine rings is 1. The Balaban J connectivity index is 1.25. The van der Waals surface area contributed by atoms with Gasteiger partial charge in [-0.1, -0.05) is 6.07 Å². The summed E-state index contributed by atoms with van der Waals surface area (Å²) >= 11 is 0. The molecule has 0 spiro atoms. The molecule has 0 amide bonds. The zero-order chi connectivity index (χ0) is 21.9. The molecule has 0 atom stereocenters. The van der Waals surface area contributed by atoms with Crippen molar-refractivity contribution in [1.29, 1.82) is 0 Å². The van der Waals surface area contributed by atoms with Crippen molar-refractivity contribution in [2.75, 3.05) is 52.1 Å². The van der Waals surface area contributed by atoms with Crippen molar-refractivity contribution in [1.82, 2.24) is 14.9 Å². The monoisotopic (exact) mass is 434 g/mol. The van der Waals surface area contributed by atoms with Crippen molar-refractivity contribution in [3.63, 3.8) is 0 Å². The molecule has 0 bridgehead atoms. The third kappa shape index (κ3) is 4.13. The lowest BCUT2D eigenvalue weighted by Gasteiger charge is -2.34. The number of anilines is 1. The van der Waals surface area contributed by atoms with Crippen LogP contribution < -0.4 is 23.8 Å². The fraction of sp³-hybridized carbons (Fsp3) is 0.333. The largest absolute Gasteiger partial charge is 0.497 e. The molecule has 0 saturated carbocycles. The Morgan fingerprint density at radius 3 is 2.56 bits per heavy atom. The Bertz CT molecular complexity index is 1100. The molecule has 0 unspecified atom stereocenters. The minimum absolute atomic E-state index is 0.304. The molecule has 8 nitrogen and oxygen atoms in total. The predicted octanol–water partition coefficient (Wildman–Crippen LogP) is 3.21. The fourth-order valence-corrected chi connectivity index (χ4v) is 4.06. The van der Waals surface area contributed by atoms with E-state index in [0.717, 1.165) is 72.9 Å². The normalized spacial score (nSPS) is 15.6. The first-order chi connectivity index (χ1) is 15.7. The van der Waals surface area contributed by atoms with Crippen LogP contribution in [0.4, 0.5) is 5.95 Å². The van der Waals surface area contributed by atoms with Crippen LogP contribution in [-0.2, 0) is 6.54 Å². The second-order valence-corrected chi connectivity index (χ2v) is 7.76. The average molecular weight is 434 g/mol. The molecular weight excluding hydrogens is 408 g/mol. The molecule has 1 fully saturated rings. The number of ether oxygens (including phenoxy) is 4. The third-order valence-electron chi connectivity index (χ3n) is 5.83. The minimum Gasteiger partial charge on any atom is -0.497 e. The van der Waals surface area contributed by atoms with Crippen LogP contribution in [-0.4, -0.2) is 62.1 Å². The Morgan fingerprint density at radius 2 is 1.75 bits per heavy atom. The lowest BCUT2D eigenvalue weighted by Crippen LogP contribution is -2.46. The van der Waals surface area contributed by atoms with Gasteiger partial charge in [-0.2, -0.15) is 0 Å². The van der Waals surface area contributed by atoms with Crippen LogP contribution in [0.2, 0.25) is 0 Å². The number of methoxy groups -OCH3 is 2. The number of benzene rings is 2. The second-order valence-electron chi connectivity index (χ2n) is 7.76. The van der Waals surface area contributed by atoms with Crippen molar-refractivity contribution in [3.8, 4) is 34.3 Å². The van der Waals surface area contributed by atoms with Gasteiger partial charge in [0.1, 0.15) is 11.5 Å². The highest BCUT2D eigenvalue weighted by atomic mass is 16.7. The van der Waals surface area contributed by atoms with E-state index in [-0.39, 0.29) is 0 Å². The first-order valence-electron chi connectivity index (χ1n) is 10.6. The van der Waals surface area contributed by atoms with Gasteiger partial charge in [-0.05, 0) is 35.9 Å². The standard InChI is InChI=1S/C24H26N4O4/c1-29-18-4-5-19(22(14-18)30-2)20-7-8-25-24(26-20)28-11-9-27(10-12-28)15-17-3-6-21-23(13-17)32-16-31-21/h3-8,13-14H,9-12,15-16H2,1-2H3. The van der Waals surface area contributed by atoms with Gasteiger partial charge in [0, 0.05) is 50.6 Å². The van der Waals surface area contributed by atoms with Gasteiger partial charge in [0.15, 0.2) is 11.5 Å². The van der Waals surface area contributed by atoms with Gasteiger partial charge in [0.2, 0.25) is 12.7 Å². The molecule has 0 N–H and O–H groups in total. The Labute approximate surface area is 187 Å². The summed E-state index contributed by atoms with van der Waals surface area (Å²) in [6.07, 6.45) is 1.81. The van der Waals surface area contributed by atoms with Gasteiger partial charge >= 0.3 is 0 Å². The first-order valence-corrected chi connectivity index (χ1v) is 10.6. The highest BCUT2D eigenvalue weighted by molar-refractivity contribution is 5.69. The number of aromatic nitrogens is 2. The highest BCUT2D eigenvalue weighted by Crippen LogP contribution is 2.34. The van der Waals surface area contributed by atoms with Gasteiger partial charge in [-0.15, -0.1) is 0 Å². The summed E-state index contributed by atoms with van der Waals surface area (Å²) in [6, 6.07) is 13.8. The molecule has 3 heterocycles. The van der Waals surface area contributed by atoms with E-state index in [1.54, 1.807) is 20.4 Å². The first kappa shape index (κ1) is 20.4. The Hall–Kier alpha value is -3.52. The van der Waals surface area contributed by atoms with Crippen molar-refractivity contribution in [3.05, 3.63) is 54.2 Å². The van der Waals surface area contributed by atoms with E-state index in [0.29, 0.717) is 6.79 Å². The van der Waals surface area contributed by atoms with E-state index in [9.17, 15) is 0 Å². The highest BCUT2D eigenvalue weighted by Gasteiger charge is 2.21. The maximum Gasteiger partial charge on any atom is 0.231 e. The summed E-state index contributed by atoms with van der Waals surface area (Å²) in [5, 5.41) is 0. The van der Waals surface area contributed by atoms with Crippen LogP contribution in [0.25, 0.3) is 11.3 Å². The zero-order valence-electron chi connectivity index (χ0n) is 18.3. The van der Waals surface area contributed by atoms with Gasteiger partial charge in [-0.3, -0.25) is 4.90 Å². The second kappa shape index (κ2) is 8.92. The van der Waals surface area contributed by atoms with Crippen LogP contribution >= 0.6 is 0 Å². The summed E-state index contributed by atoms with van der Waals surface area (Å²) in [7, 11) is 3.29. The molecule has 0 aliphatic carbocycles. The quantitative estimate of drug-likeness (QED) is 0.586. The summed E-state index contributed by atoms with van der Waals surface area (Å²) in [4.78, 5) is 14.0. The molecule has 166 valence electrons. The lowest BCUT2D eigenvalue weighted by atomic mass is 10.1. The minimum atomic E-state index is 0.304. The van der Waals surface area contributed by atoms with Gasteiger partial charge in [-0.25, -0.2) is 9.97 Å². The smallest absolute Gasteiger partial charge is 0.231 e. The zero-order valence-corrected chi connectivity index (χ0v) is 18.3. The van der Waals surface area contributed by atoms with E-state index in [1.165, 1.54) is 5.56 Å². The molecule has 32 heavy (non-hydrogen) atoms. The summed E-state index contributed by atoms with van der Waals surface area (Å²) in [5.41, 5.74) is 2.98. The lowest BCUT2D eigenvalue weighted by molar-refractivity contribution is 0.174. The Morgan fingerprint density at radius 1 is 0.906 bits per heavy atom. The number of hydrogen-bond donors (Lipinski definition) is 0. The number of rotatable bonds is 6. The van der Waals surface area contributed by atoms with Gasteiger partial charge in [0.05, 0.1) is 19.9 Å². The van der Waals surface area contributed by atoms with Crippen molar-refractivity contribution >= 4 is 5.95 Å². The number of nitrogens with zero attached hydrogens (tertiary/aromatic N) is 4. The predicted molar refractivity (Wildman–Crippen MR) is 121 cm³/mol. The maximum atomic E-state index is 5.55. The molecule has 3 aromatic rings. The molecular formula is C24H26N4O4.